The fourth-order valence-electron chi connectivity index (χ4n) is 3.41. The van der Waals surface area contributed by atoms with Crippen LogP contribution in [0.25, 0.3) is 11.4 Å². The van der Waals surface area contributed by atoms with Gasteiger partial charge in [0.2, 0.25) is 5.13 Å². The zero-order valence-corrected chi connectivity index (χ0v) is 18.1. The van der Waals surface area contributed by atoms with Crippen LogP contribution in [0.3, 0.4) is 0 Å². The van der Waals surface area contributed by atoms with E-state index in [1.54, 1.807) is 24.5 Å². The molecule has 0 radical (unpaired) electrons. The van der Waals surface area contributed by atoms with E-state index in [4.69, 9.17) is 9.72 Å². The Balaban J connectivity index is 1.62. The van der Waals surface area contributed by atoms with E-state index >= 15 is 0 Å². The van der Waals surface area contributed by atoms with E-state index in [1.807, 2.05) is 38.1 Å². The van der Waals surface area contributed by atoms with Gasteiger partial charge in [-0.25, -0.2) is 14.8 Å². The number of aromatic nitrogens is 4. The van der Waals surface area contributed by atoms with E-state index < -0.39 is 5.97 Å². The number of rotatable bonds is 5. The van der Waals surface area contributed by atoms with E-state index in [0.29, 0.717) is 23.8 Å². The lowest BCUT2D eigenvalue weighted by Gasteiger charge is -2.35. The molecule has 0 atom stereocenters. The predicted molar refractivity (Wildman–Crippen MR) is 117 cm³/mol. The second-order valence-electron chi connectivity index (χ2n) is 7.10. The summed E-state index contributed by atoms with van der Waals surface area (Å²) in [6, 6.07) is 8.03. The smallest absolute Gasteiger partial charge is 0.343 e. The van der Waals surface area contributed by atoms with Crippen molar-refractivity contribution in [1.82, 2.24) is 20.2 Å². The SMILES string of the molecule is CCOC(=O)c1cnc(-c2cccc(C)c2)nc1N1CCN(c2nnc(C)s2)CC1. The maximum Gasteiger partial charge on any atom is 0.343 e. The van der Waals surface area contributed by atoms with Crippen molar-refractivity contribution in [2.45, 2.75) is 20.8 Å². The Kier molecular flexibility index (Phi) is 5.89. The second-order valence-corrected chi connectivity index (χ2v) is 8.26. The van der Waals surface area contributed by atoms with Gasteiger partial charge < -0.3 is 14.5 Å². The summed E-state index contributed by atoms with van der Waals surface area (Å²) < 4.78 is 5.24. The van der Waals surface area contributed by atoms with Crippen LogP contribution in [0.15, 0.2) is 30.5 Å². The fraction of sp³-hybridized carbons (Fsp3) is 0.381. The summed E-state index contributed by atoms with van der Waals surface area (Å²) in [7, 11) is 0. The standard InChI is InChI=1S/C21H24N6O2S/c1-4-29-20(28)17-13-22-18(16-7-5-6-14(2)12-16)23-19(17)26-8-10-27(11-9-26)21-25-24-15(3)30-21/h5-7,12-13H,4,8-11H2,1-3H3. The quantitative estimate of drug-likeness (QED) is 0.578. The Morgan fingerprint density at radius 1 is 1.13 bits per heavy atom. The molecule has 1 aliphatic rings. The molecule has 1 saturated heterocycles. The van der Waals surface area contributed by atoms with Gasteiger partial charge >= 0.3 is 5.97 Å². The summed E-state index contributed by atoms with van der Waals surface area (Å²) in [5.74, 6) is 0.822. The van der Waals surface area contributed by atoms with Gasteiger partial charge in [0.1, 0.15) is 16.4 Å². The maximum absolute atomic E-state index is 12.5. The number of ether oxygens (including phenoxy) is 1. The van der Waals surface area contributed by atoms with Crippen molar-refractivity contribution in [3.05, 3.63) is 46.6 Å². The Bertz CT molecular complexity index is 1050. The van der Waals surface area contributed by atoms with Gasteiger partial charge in [0.15, 0.2) is 5.82 Å². The Morgan fingerprint density at radius 2 is 1.90 bits per heavy atom. The lowest BCUT2D eigenvalue weighted by atomic mass is 10.1. The number of hydrogen-bond donors (Lipinski definition) is 0. The number of aryl methyl sites for hydroxylation is 2. The van der Waals surface area contributed by atoms with Crippen molar-refractivity contribution >= 4 is 28.3 Å². The van der Waals surface area contributed by atoms with Gasteiger partial charge in [0, 0.05) is 37.9 Å². The molecule has 3 aromatic rings. The minimum absolute atomic E-state index is 0.308. The van der Waals surface area contributed by atoms with Gasteiger partial charge in [-0.15, -0.1) is 10.2 Å². The molecule has 1 aliphatic heterocycles. The molecule has 8 nitrogen and oxygen atoms in total. The van der Waals surface area contributed by atoms with Crippen molar-refractivity contribution in [2.75, 3.05) is 42.6 Å². The highest BCUT2D eigenvalue weighted by molar-refractivity contribution is 7.15. The second kappa shape index (κ2) is 8.74. The Morgan fingerprint density at radius 3 is 2.57 bits per heavy atom. The number of hydrogen-bond acceptors (Lipinski definition) is 9. The molecule has 0 saturated carbocycles. The third kappa shape index (κ3) is 4.25. The highest BCUT2D eigenvalue weighted by atomic mass is 32.1. The number of carbonyl (C=O) groups is 1. The first-order valence-electron chi connectivity index (χ1n) is 9.96. The monoisotopic (exact) mass is 424 g/mol. The molecule has 0 amide bonds. The van der Waals surface area contributed by atoms with Gasteiger partial charge in [-0.05, 0) is 26.8 Å². The van der Waals surface area contributed by atoms with Crippen molar-refractivity contribution in [3.8, 4) is 11.4 Å². The number of nitrogens with zero attached hydrogens (tertiary/aromatic N) is 6. The number of benzene rings is 1. The maximum atomic E-state index is 12.5. The third-order valence-electron chi connectivity index (χ3n) is 4.91. The summed E-state index contributed by atoms with van der Waals surface area (Å²) >= 11 is 1.59. The Labute approximate surface area is 179 Å². The van der Waals surface area contributed by atoms with E-state index in [2.05, 4.69) is 25.0 Å². The largest absolute Gasteiger partial charge is 0.462 e. The van der Waals surface area contributed by atoms with Crippen LogP contribution in [-0.2, 0) is 4.74 Å². The fourth-order valence-corrected chi connectivity index (χ4v) is 4.15. The van der Waals surface area contributed by atoms with Gasteiger partial charge in [-0.3, -0.25) is 0 Å². The minimum atomic E-state index is -0.398. The highest BCUT2D eigenvalue weighted by Gasteiger charge is 2.26. The zero-order chi connectivity index (χ0) is 21.1. The van der Waals surface area contributed by atoms with Crippen LogP contribution in [0.4, 0.5) is 10.9 Å². The molecular formula is C21H24N6O2S. The molecule has 0 bridgehead atoms. The van der Waals surface area contributed by atoms with E-state index in [0.717, 1.165) is 47.4 Å². The van der Waals surface area contributed by atoms with Crippen LogP contribution in [0.5, 0.6) is 0 Å². The molecule has 30 heavy (non-hydrogen) atoms. The molecule has 0 aliphatic carbocycles. The first-order valence-corrected chi connectivity index (χ1v) is 10.8. The predicted octanol–water partition coefficient (Wildman–Crippen LogP) is 3.12. The lowest BCUT2D eigenvalue weighted by Crippen LogP contribution is -2.47. The van der Waals surface area contributed by atoms with Crippen LogP contribution in [0.2, 0.25) is 0 Å². The first-order chi connectivity index (χ1) is 14.5. The molecule has 156 valence electrons. The number of esters is 1. The third-order valence-corrected chi connectivity index (χ3v) is 5.80. The number of piperazine rings is 1. The summed E-state index contributed by atoms with van der Waals surface area (Å²) in [5, 5.41) is 10.2. The summed E-state index contributed by atoms with van der Waals surface area (Å²) in [6.07, 6.45) is 1.58. The molecule has 0 spiro atoms. The molecular weight excluding hydrogens is 400 g/mol. The molecule has 1 aromatic carbocycles. The topological polar surface area (TPSA) is 84.3 Å². The van der Waals surface area contributed by atoms with Crippen LogP contribution in [-0.4, -0.2) is 58.9 Å². The number of carbonyl (C=O) groups excluding carboxylic acids is 1. The van der Waals surface area contributed by atoms with Crippen molar-refractivity contribution < 1.29 is 9.53 Å². The molecule has 0 N–H and O–H groups in total. The van der Waals surface area contributed by atoms with E-state index in [-0.39, 0.29) is 0 Å². The van der Waals surface area contributed by atoms with Crippen LogP contribution < -0.4 is 9.80 Å². The average molecular weight is 425 g/mol. The Hall–Kier alpha value is -3.07. The number of anilines is 2. The average Bonchev–Trinajstić information content (AvgIpc) is 3.20. The van der Waals surface area contributed by atoms with Gasteiger partial charge in [-0.2, -0.15) is 0 Å². The van der Waals surface area contributed by atoms with Crippen molar-refractivity contribution in [2.24, 2.45) is 0 Å². The highest BCUT2D eigenvalue weighted by Crippen LogP contribution is 2.27. The summed E-state index contributed by atoms with van der Waals surface area (Å²) in [5.41, 5.74) is 2.45. The van der Waals surface area contributed by atoms with Crippen molar-refractivity contribution in [1.29, 1.82) is 0 Å². The molecule has 4 rings (SSSR count). The molecule has 3 heterocycles. The lowest BCUT2D eigenvalue weighted by molar-refractivity contribution is 0.0526. The first kappa shape index (κ1) is 20.2. The molecule has 2 aromatic heterocycles. The van der Waals surface area contributed by atoms with E-state index in [1.165, 1.54) is 0 Å². The van der Waals surface area contributed by atoms with Crippen LogP contribution >= 0.6 is 11.3 Å². The van der Waals surface area contributed by atoms with Crippen LogP contribution in [0, 0.1) is 13.8 Å². The molecule has 0 unspecified atom stereocenters. The normalized spacial score (nSPS) is 14.1. The molecule has 9 heteroatoms. The van der Waals surface area contributed by atoms with Gasteiger partial charge in [-0.1, -0.05) is 35.1 Å². The summed E-state index contributed by atoms with van der Waals surface area (Å²) in [6.45, 7) is 9.08. The minimum Gasteiger partial charge on any atom is -0.462 e. The van der Waals surface area contributed by atoms with Gasteiger partial charge in [0.05, 0.1) is 6.61 Å². The van der Waals surface area contributed by atoms with E-state index in [9.17, 15) is 4.79 Å². The molecule has 1 fully saturated rings. The zero-order valence-electron chi connectivity index (χ0n) is 17.3. The van der Waals surface area contributed by atoms with Crippen molar-refractivity contribution in [3.63, 3.8) is 0 Å². The summed E-state index contributed by atoms with van der Waals surface area (Å²) in [4.78, 5) is 26.1. The van der Waals surface area contributed by atoms with Gasteiger partial charge in [0.25, 0.3) is 0 Å². The van der Waals surface area contributed by atoms with Crippen LogP contribution in [0.1, 0.15) is 27.9 Å².